The molecule has 1 radical (unpaired) electrons. The fraction of sp³-hybridized carbons (Fsp3) is 0.412. The Balaban J connectivity index is 0.000000138. The molecule has 0 N–H and O–H groups in total. The molecule has 6 unspecified atom stereocenters. The minimum absolute atomic E-state index is 0. The van der Waals surface area contributed by atoms with Crippen LogP contribution in [0.4, 0.5) is 0 Å². The van der Waals surface area contributed by atoms with Crippen molar-refractivity contribution in [1.29, 1.82) is 0 Å². The molecule has 8 rings (SSSR count). The van der Waals surface area contributed by atoms with Crippen molar-refractivity contribution in [1.82, 2.24) is 19.9 Å². The molecule has 2 aromatic carbocycles. The van der Waals surface area contributed by atoms with E-state index >= 15 is 0 Å². The van der Waals surface area contributed by atoms with Gasteiger partial charge in [0.1, 0.15) is 12.7 Å². The molecule has 4 aliphatic rings. The predicted molar refractivity (Wildman–Crippen MR) is 151 cm³/mol. The molecule has 4 saturated carbocycles. The Morgan fingerprint density at radius 2 is 0.923 bits per heavy atom. The molecule has 2 aromatic heterocycles. The molecule has 4 bridgehead atoms. The zero-order chi connectivity index (χ0) is 25.3. The first-order valence-electron chi connectivity index (χ1n) is 14.5. The van der Waals surface area contributed by atoms with Gasteiger partial charge in [0.05, 0.1) is 11.4 Å². The summed E-state index contributed by atoms with van der Waals surface area (Å²) in [6, 6.07) is 25.2. The van der Waals surface area contributed by atoms with Gasteiger partial charge in [0.15, 0.2) is 0 Å². The molecule has 4 nitrogen and oxygen atoms in total. The van der Waals surface area contributed by atoms with Crippen molar-refractivity contribution in [3.8, 4) is 22.5 Å². The van der Waals surface area contributed by atoms with Gasteiger partial charge in [0.2, 0.25) is 0 Å². The van der Waals surface area contributed by atoms with Gasteiger partial charge in [-0.1, -0.05) is 73.5 Å². The van der Waals surface area contributed by atoms with E-state index in [2.05, 4.69) is 80.6 Å². The molecule has 6 atom stereocenters. The van der Waals surface area contributed by atoms with Crippen molar-refractivity contribution in [2.45, 2.75) is 63.2 Å². The smallest absolute Gasteiger partial charge is 0.116 e. The zero-order valence-corrected chi connectivity index (χ0v) is 24.7. The molecule has 0 spiro atoms. The van der Waals surface area contributed by atoms with Crippen LogP contribution in [0.2, 0.25) is 0 Å². The monoisotopic (exact) mass is 693 g/mol. The zero-order valence-electron chi connectivity index (χ0n) is 22.3. The van der Waals surface area contributed by atoms with Gasteiger partial charge in [0, 0.05) is 54.5 Å². The second-order valence-corrected chi connectivity index (χ2v) is 12.0. The van der Waals surface area contributed by atoms with Crippen LogP contribution in [0.1, 0.15) is 74.6 Å². The van der Waals surface area contributed by atoms with Gasteiger partial charge in [-0.3, -0.25) is 0 Å². The van der Waals surface area contributed by atoms with Crippen LogP contribution in [0, 0.1) is 23.7 Å². The van der Waals surface area contributed by atoms with Crippen LogP contribution in [0.3, 0.4) is 0 Å². The molecule has 2 heterocycles. The fourth-order valence-corrected chi connectivity index (χ4v) is 7.90. The third kappa shape index (κ3) is 5.62. The average molecular weight is 693 g/mol. The third-order valence-corrected chi connectivity index (χ3v) is 9.75. The number of benzene rings is 2. The summed E-state index contributed by atoms with van der Waals surface area (Å²) in [5.74, 6) is 5.05. The largest absolute Gasteiger partial charge is 0.241 e. The summed E-state index contributed by atoms with van der Waals surface area (Å²) >= 11 is 0. The summed E-state index contributed by atoms with van der Waals surface area (Å²) in [7, 11) is 0. The first-order valence-corrected chi connectivity index (χ1v) is 14.5. The van der Waals surface area contributed by atoms with Crippen LogP contribution in [0.15, 0.2) is 85.5 Å². The second kappa shape index (κ2) is 11.8. The predicted octanol–water partition coefficient (Wildman–Crippen LogP) is 8.09. The van der Waals surface area contributed by atoms with E-state index < -0.39 is 0 Å². The molecule has 39 heavy (non-hydrogen) atoms. The maximum absolute atomic E-state index is 4.55. The molecule has 0 saturated heterocycles. The van der Waals surface area contributed by atoms with E-state index in [0.717, 1.165) is 35.1 Å². The Bertz CT molecular complexity index is 1270. The fourth-order valence-electron chi connectivity index (χ4n) is 7.90. The Kier molecular flexibility index (Phi) is 7.99. The van der Waals surface area contributed by atoms with Crippen LogP contribution in [0.25, 0.3) is 22.5 Å². The van der Waals surface area contributed by atoms with Gasteiger partial charge in [0.25, 0.3) is 0 Å². The molecular weight excluding hydrogens is 657 g/mol. The van der Waals surface area contributed by atoms with Crippen LogP contribution in [0.5, 0.6) is 0 Å². The SMILES string of the molecule is [Ir].c1ccc(-c2cc(C3CC4CCC3C4)ncn2)cc1.c1ccc(-c2cc(C3CC4CCC3C4)ncn2)cc1. The van der Waals surface area contributed by atoms with E-state index in [-0.39, 0.29) is 20.1 Å². The van der Waals surface area contributed by atoms with Gasteiger partial charge in [-0.25, -0.2) is 19.9 Å². The van der Waals surface area contributed by atoms with Crippen LogP contribution in [-0.4, -0.2) is 19.9 Å². The maximum Gasteiger partial charge on any atom is 0.116 e. The van der Waals surface area contributed by atoms with Crippen LogP contribution < -0.4 is 0 Å². The summed E-state index contributed by atoms with van der Waals surface area (Å²) in [6.07, 6.45) is 14.7. The summed E-state index contributed by atoms with van der Waals surface area (Å²) in [5.41, 5.74) is 7.03. The minimum Gasteiger partial charge on any atom is -0.241 e. The Morgan fingerprint density at radius 1 is 0.487 bits per heavy atom. The van der Waals surface area contributed by atoms with E-state index in [9.17, 15) is 0 Å². The van der Waals surface area contributed by atoms with Crippen molar-refractivity contribution >= 4 is 0 Å². The van der Waals surface area contributed by atoms with Gasteiger partial charge in [-0.15, -0.1) is 0 Å². The molecule has 5 heteroatoms. The van der Waals surface area contributed by atoms with E-state index in [0.29, 0.717) is 11.8 Å². The molecule has 4 aliphatic carbocycles. The maximum atomic E-state index is 4.55. The molecule has 4 aromatic rings. The van der Waals surface area contributed by atoms with Crippen molar-refractivity contribution < 1.29 is 20.1 Å². The number of rotatable bonds is 4. The number of hydrogen-bond donors (Lipinski definition) is 0. The van der Waals surface area contributed by atoms with Crippen molar-refractivity contribution in [2.24, 2.45) is 23.7 Å². The normalized spacial score (nSPS) is 28.0. The summed E-state index contributed by atoms with van der Waals surface area (Å²) in [5, 5.41) is 0. The number of hydrogen-bond acceptors (Lipinski definition) is 4. The molecule has 0 amide bonds. The quantitative estimate of drug-likeness (QED) is 0.217. The summed E-state index contributed by atoms with van der Waals surface area (Å²) in [4.78, 5) is 18.0. The standard InChI is InChI=1S/2C17H18N2.Ir/c2*1-2-4-13(5-3-1)16-10-17(19-11-18-16)15-9-12-6-7-14(15)8-12;/h2*1-5,10-12,14-15H,6-9H2;. The van der Waals surface area contributed by atoms with Gasteiger partial charge in [-0.2, -0.15) is 0 Å². The first kappa shape index (κ1) is 26.5. The second-order valence-electron chi connectivity index (χ2n) is 12.0. The van der Waals surface area contributed by atoms with E-state index in [1.807, 2.05) is 12.1 Å². The van der Waals surface area contributed by atoms with Gasteiger partial charge >= 0.3 is 0 Å². The Labute approximate surface area is 245 Å². The van der Waals surface area contributed by atoms with E-state index in [4.69, 9.17) is 0 Å². The van der Waals surface area contributed by atoms with Crippen molar-refractivity contribution in [3.05, 3.63) is 96.8 Å². The summed E-state index contributed by atoms with van der Waals surface area (Å²) in [6.45, 7) is 0. The van der Waals surface area contributed by atoms with Crippen LogP contribution in [-0.2, 0) is 20.1 Å². The molecule has 201 valence electrons. The Hall–Kier alpha value is -2.75. The molecule has 4 fully saturated rings. The summed E-state index contributed by atoms with van der Waals surface area (Å²) < 4.78 is 0. The van der Waals surface area contributed by atoms with Crippen LogP contribution >= 0.6 is 0 Å². The minimum atomic E-state index is 0. The third-order valence-electron chi connectivity index (χ3n) is 9.75. The van der Waals surface area contributed by atoms with Crippen molar-refractivity contribution in [2.75, 3.05) is 0 Å². The molecule has 0 aliphatic heterocycles. The van der Waals surface area contributed by atoms with E-state index in [1.54, 1.807) is 12.7 Å². The van der Waals surface area contributed by atoms with Gasteiger partial charge in [-0.05, 0) is 74.3 Å². The average Bonchev–Trinajstić information content (AvgIpc) is 3.82. The van der Waals surface area contributed by atoms with Gasteiger partial charge < -0.3 is 0 Å². The van der Waals surface area contributed by atoms with E-state index in [1.165, 1.54) is 73.9 Å². The number of nitrogens with zero attached hydrogens (tertiary/aromatic N) is 4. The van der Waals surface area contributed by atoms with Crippen molar-refractivity contribution in [3.63, 3.8) is 0 Å². The Morgan fingerprint density at radius 3 is 1.28 bits per heavy atom. The number of aromatic nitrogens is 4. The number of fused-ring (bicyclic) bond motifs is 4. The topological polar surface area (TPSA) is 51.6 Å². The first-order chi connectivity index (χ1) is 18.8. The molecular formula is C34H36IrN4.